The van der Waals surface area contributed by atoms with Gasteiger partial charge in [0, 0.05) is 19.6 Å². The first kappa shape index (κ1) is 16.6. The normalized spacial score (nSPS) is 17.3. The highest BCUT2D eigenvalue weighted by atomic mass is 16.3. The van der Waals surface area contributed by atoms with Gasteiger partial charge < -0.3 is 19.5 Å². The first-order valence-electron chi connectivity index (χ1n) is 8.64. The van der Waals surface area contributed by atoms with Crippen LogP contribution in [-0.2, 0) is 0 Å². The molecule has 1 aliphatic heterocycles. The zero-order chi connectivity index (χ0) is 16.8. The first-order valence-corrected chi connectivity index (χ1v) is 8.64. The minimum atomic E-state index is -0.265. The molecular weight excluding hydrogens is 302 g/mol. The second kappa shape index (κ2) is 8.02. The molecule has 128 valence electrons. The van der Waals surface area contributed by atoms with E-state index < -0.39 is 0 Å². The fraction of sp³-hybridized carbons (Fsp3) is 0.421. The Morgan fingerprint density at radius 3 is 2.67 bits per heavy atom. The van der Waals surface area contributed by atoms with Crippen molar-refractivity contribution < 1.29 is 9.21 Å². The van der Waals surface area contributed by atoms with Crippen molar-refractivity contribution in [2.24, 2.45) is 0 Å². The van der Waals surface area contributed by atoms with Gasteiger partial charge in [-0.3, -0.25) is 0 Å². The number of rotatable bonds is 4. The number of nitrogens with one attached hydrogen (secondary N) is 1. The summed E-state index contributed by atoms with van der Waals surface area (Å²) in [6.07, 6.45) is 2.65. The Kier molecular flexibility index (Phi) is 5.54. The molecule has 1 N–H and O–H groups in total. The molecule has 1 aromatic heterocycles. The Morgan fingerprint density at radius 2 is 1.96 bits per heavy atom. The van der Waals surface area contributed by atoms with Crippen LogP contribution in [0.5, 0.6) is 0 Å². The van der Waals surface area contributed by atoms with Gasteiger partial charge in [0.1, 0.15) is 11.8 Å². The molecule has 0 aliphatic carbocycles. The number of carbonyl (C=O) groups excluding carboxylic acids is 1. The number of likely N-dealkylation sites (N-methyl/N-ethyl adjacent to an activating group) is 1. The van der Waals surface area contributed by atoms with E-state index in [2.05, 4.69) is 17.1 Å². The molecule has 0 saturated carbocycles. The third-order valence-corrected chi connectivity index (χ3v) is 4.55. The van der Waals surface area contributed by atoms with Crippen molar-refractivity contribution in [1.82, 2.24) is 15.1 Å². The topological polar surface area (TPSA) is 48.7 Å². The Labute approximate surface area is 143 Å². The summed E-state index contributed by atoms with van der Waals surface area (Å²) in [6.45, 7) is 6.75. The van der Waals surface area contributed by atoms with Gasteiger partial charge in [-0.2, -0.15) is 0 Å². The molecule has 3 rings (SSSR count). The summed E-state index contributed by atoms with van der Waals surface area (Å²) < 4.78 is 5.56. The van der Waals surface area contributed by atoms with Gasteiger partial charge in [-0.25, -0.2) is 4.79 Å². The van der Waals surface area contributed by atoms with Crippen LogP contribution in [-0.4, -0.2) is 48.6 Å². The van der Waals surface area contributed by atoms with Crippen molar-refractivity contribution in [2.75, 3.05) is 32.7 Å². The van der Waals surface area contributed by atoms with Gasteiger partial charge in [-0.15, -0.1) is 0 Å². The van der Waals surface area contributed by atoms with Crippen LogP contribution in [0.2, 0.25) is 0 Å². The predicted molar refractivity (Wildman–Crippen MR) is 93.8 cm³/mol. The molecule has 5 heteroatoms. The van der Waals surface area contributed by atoms with Crippen LogP contribution in [0.4, 0.5) is 4.79 Å². The van der Waals surface area contributed by atoms with E-state index in [0.29, 0.717) is 0 Å². The molecule has 1 unspecified atom stereocenters. The fourth-order valence-corrected chi connectivity index (χ4v) is 3.12. The average molecular weight is 327 g/mol. The van der Waals surface area contributed by atoms with Gasteiger partial charge in [-0.05, 0) is 37.2 Å². The van der Waals surface area contributed by atoms with Crippen molar-refractivity contribution in [3.05, 3.63) is 60.1 Å². The fourth-order valence-electron chi connectivity index (χ4n) is 3.12. The van der Waals surface area contributed by atoms with Gasteiger partial charge in [0.25, 0.3) is 0 Å². The average Bonchev–Trinajstić information content (AvgIpc) is 3.04. The summed E-state index contributed by atoms with van der Waals surface area (Å²) in [5.74, 6) is 0.750. The number of carbonyl (C=O) groups is 1. The van der Waals surface area contributed by atoms with Crippen LogP contribution >= 0.6 is 0 Å². The maximum atomic E-state index is 12.8. The highest BCUT2D eigenvalue weighted by molar-refractivity contribution is 5.75. The SMILES string of the molecule is CCN1CCCN(C(=O)NC(c2ccccc2)c2ccco2)CC1. The molecule has 0 spiro atoms. The van der Waals surface area contributed by atoms with Crippen LogP contribution in [0.3, 0.4) is 0 Å². The maximum absolute atomic E-state index is 12.8. The molecule has 1 aliphatic rings. The van der Waals surface area contributed by atoms with Crippen LogP contribution < -0.4 is 5.32 Å². The lowest BCUT2D eigenvalue weighted by Crippen LogP contribution is -2.43. The molecule has 2 amide bonds. The number of nitrogens with zero attached hydrogens (tertiary/aromatic N) is 2. The number of urea groups is 1. The summed E-state index contributed by atoms with van der Waals surface area (Å²) in [4.78, 5) is 17.1. The molecule has 1 aromatic carbocycles. The van der Waals surface area contributed by atoms with Crippen molar-refractivity contribution in [1.29, 1.82) is 0 Å². The second-order valence-corrected chi connectivity index (χ2v) is 6.08. The van der Waals surface area contributed by atoms with E-state index in [-0.39, 0.29) is 12.1 Å². The third kappa shape index (κ3) is 3.97. The molecule has 24 heavy (non-hydrogen) atoms. The van der Waals surface area contributed by atoms with Crippen molar-refractivity contribution in [3.63, 3.8) is 0 Å². The molecule has 1 saturated heterocycles. The van der Waals surface area contributed by atoms with Crippen LogP contribution in [0, 0.1) is 0 Å². The Balaban J connectivity index is 1.72. The molecule has 2 heterocycles. The number of hydrogen-bond donors (Lipinski definition) is 1. The van der Waals surface area contributed by atoms with Gasteiger partial charge in [0.05, 0.1) is 6.26 Å². The van der Waals surface area contributed by atoms with Gasteiger partial charge in [-0.1, -0.05) is 37.3 Å². The van der Waals surface area contributed by atoms with E-state index in [1.807, 2.05) is 47.4 Å². The van der Waals surface area contributed by atoms with Crippen molar-refractivity contribution in [3.8, 4) is 0 Å². The highest BCUT2D eigenvalue weighted by Gasteiger charge is 2.24. The number of amides is 2. The quantitative estimate of drug-likeness (QED) is 0.939. The van der Waals surface area contributed by atoms with Crippen molar-refractivity contribution in [2.45, 2.75) is 19.4 Å². The number of furan rings is 1. The smallest absolute Gasteiger partial charge is 0.318 e. The maximum Gasteiger partial charge on any atom is 0.318 e. The van der Waals surface area contributed by atoms with E-state index >= 15 is 0 Å². The van der Waals surface area contributed by atoms with E-state index in [9.17, 15) is 4.79 Å². The van der Waals surface area contributed by atoms with Gasteiger partial charge in [0.2, 0.25) is 0 Å². The lowest BCUT2D eigenvalue weighted by atomic mass is 10.0. The monoisotopic (exact) mass is 327 g/mol. The number of benzene rings is 1. The zero-order valence-electron chi connectivity index (χ0n) is 14.1. The minimum absolute atomic E-state index is 0.0294. The van der Waals surface area contributed by atoms with Crippen LogP contribution in [0.25, 0.3) is 0 Å². The number of hydrogen-bond acceptors (Lipinski definition) is 3. The summed E-state index contributed by atoms with van der Waals surface area (Å²) >= 11 is 0. The standard InChI is InChI=1S/C19H25N3O2/c1-2-21-11-7-12-22(14-13-21)19(23)20-18(17-10-6-15-24-17)16-8-4-3-5-9-16/h3-6,8-10,15,18H,2,7,11-14H2,1H3,(H,20,23). The Morgan fingerprint density at radius 1 is 1.12 bits per heavy atom. The lowest BCUT2D eigenvalue weighted by Gasteiger charge is -2.25. The Hall–Kier alpha value is -2.27. The minimum Gasteiger partial charge on any atom is -0.467 e. The summed E-state index contributed by atoms with van der Waals surface area (Å²) in [5, 5.41) is 3.14. The van der Waals surface area contributed by atoms with Gasteiger partial charge >= 0.3 is 6.03 Å². The Bertz CT molecular complexity index is 627. The molecule has 2 aromatic rings. The van der Waals surface area contributed by atoms with Crippen LogP contribution in [0.15, 0.2) is 53.1 Å². The summed E-state index contributed by atoms with van der Waals surface area (Å²) in [7, 11) is 0. The molecular formula is C19H25N3O2. The highest BCUT2D eigenvalue weighted by Crippen LogP contribution is 2.22. The van der Waals surface area contributed by atoms with E-state index in [0.717, 1.165) is 50.5 Å². The van der Waals surface area contributed by atoms with E-state index in [1.165, 1.54) is 0 Å². The molecule has 5 nitrogen and oxygen atoms in total. The van der Waals surface area contributed by atoms with Crippen LogP contribution in [0.1, 0.15) is 30.7 Å². The molecule has 0 radical (unpaired) electrons. The predicted octanol–water partition coefficient (Wildman–Crippen LogP) is 3.11. The largest absolute Gasteiger partial charge is 0.467 e. The van der Waals surface area contributed by atoms with E-state index in [4.69, 9.17) is 4.42 Å². The summed E-state index contributed by atoms with van der Waals surface area (Å²) in [5.41, 5.74) is 1.02. The lowest BCUT2D eigenvalue weighted by molar-refractivity contribution is 0.194. The third-order valence-electron chi connectivity index (χ3n) is 4.55. The summed E-state index contributed by atoms with van der Waals surface area (Å²) in [6, 6.07) is 13.4. The molecule has 1 fully saturated rings. The van der Waals surface area contributed by atoms with Gasteiger partial charge in [0.15, 0.2) is 0 Å². The second-order valence-electron chi connectivity index (χ2n) is 6.08. The zero-order valence-corrected chi connectivity index (χ0v) is 14.1. The van der Waals surface area contributed by atoms with E-state index in [1.54, 1.807) is 6.26 Å². The first-order chi connectivity index (χ1) is 11.8. The van der Waals surface area contributed by atoms with Crippen molar-refractivity contribution >= 4 is 6.03 Å². The molecule has 1 atom stereocenters. The molecule has 0 bridgehead atoms.